The Morgan fingerprint density at radius 3 is 2.65 bits per heavy atom. The monoisotopic (exact) mass is 543 g/mol. The van der Waals surface area contributed by atoms with Crippen molar-refractivity contribution < 1.29 is 9.53 Å². The molecule has 0 spiro atoms. The lowest BCUT2D eigenvalue weighted by Crippen LogP contribution is -2.52. The minimum atomic E-state index is -0.00468. The van der Waals surface area contributed by atoms with Gasteiger partial charge in [-0.05, 0) is 51.2 Å². The number of rotatable bonds is 6. The van der Waals surface area contributed by atoms with Crippen LogP contribution in [0.15, 0.2) is 29.3 Å². The summed E-state index contributed by atoms with van der Waals surface area (Å²) in [5, 5.41) is 6.99. The van der Waals surface area contributed by atoms with Crippen molar-refractivity contribution >= 4 is 41.5 Å². The Morgan fingerprint density at radius 1 is 1.19 bits per heavy atom. The van der Waals surface area contributed by atoms with E-state index in [0.29, 0.717) is 5.96 Å². The molecule has 1 aromatic carbocycles. The predicted molar refractivity (Wildman–Crippen MR) is 138 cm³/mol. The topological polar surface area (TPSA) is 69.2 Å². The second-order valence-corrected chi connectivity index (χ2v) is 8.59. The molecule has 174 valence electrons. The minimum Gasteiger partial charge on any atom is -0.376 e. The molecule has 2 aliphatic heterocycles. The van der Waals surface area contributed by atoms with Gasteiger partial charge in [0.2, 0.25) is 5.91 Å². The maximum atomic E-state index is 12.0. The van der Waals surface area contributed by atoms with E-state index in [4.69, 9.17) is 4.74 Å². The first-order chi connectivity index (χ1) is 14.5. The predicted octanol–water partition coefficient (Wildman–Crippen LogP) is 2.77. The van der Waals surface area contributed by atoms with Crippen molar-refractivity contribution in [3.05, 3.63) is 29.8 Å². The lowest BCUT2D eigenvalue weighted by Gasteiger charge is -2.35. The van der Waals surface area contributed by atoms with Crippen molar-refractivity contribution in [2.24, 2.45) is 4.99 Å². The Labute approximate surface area is 204 Å². The molecule has 0 radical (unpaired) electrons. The summed E-state index contributed by atoms with van der Waals surface area (Å²) < 4.78 is 5.84. The second-order valence-electron chi connectivity index (χ2n) is 8.59. The number of likely N-dealkylation sites (N-methyl/N-ethyl adjacent to an activating group) is 1. The molecule has 1 aromatic rings. The van der Waals surface area contributed by atoms with Crippen LogP contribution < -0.4 is 15.5 Å². The van der Waals surface area contributed by atoms with Crippen molar-refractivity contribution in [2.75, 3.05) is 51.8 Å². The SMILES string of the molecule is Cc1ccc(N2CCCC(NC(=NCC(=O)N(C)C)NCC3CCCCO3)C2)cc1.I. The summed E-state index contributed by atoms with van der Waals surface area (Å²) in [6.07, 6.45) is 5.85. The van der Waals surface area contributed by atoms with E-state index >= 15 is 0 Å². The summed E-state index contributed by atoms with van der Waals surface area (Å²) in [7, 11) is 3.52. The van der Waals surface area contributed by atoms with Crippen LogP contribution in [-0.4, -0.2) is 75.8 Å². The average Bonchev–Trinajstić information content (AvgIpc) is 2.76. The van der Waals surface area contributed by atoms with E-state index in [1.807, 2.05) is 0 Å². The quantitative estimate of drug-likeness (QED) is 0.328. The number of anilines is 1. The molecule has 1 amide bonds. The Bertz CT molecular complexity index is 704. The van der Waals surface area contributed by atoms with Gasteiger partial charge < -0.3 is 25.2 Å². The first-order valence-electron chi connectivity index (χ1n) is 11.2. The third kappa shape index (κ3) is 8.48. The van der Waals surface area contributed by atoms with Crippen LogP contribution in [0.1, 0.15) is 37.7 Å². The van der Waals surface area contributed by atoms with Crippen LogP contribution in [0.3, 0.4) is 0 Å². The van der Waals surface area contributed by atoms with Crippen LogP contribution in [0, 0.1) is 6.92 Å². The summed E-state index contributed by atoms with van der Waals surface area (Å²) in [5.74, 6) is 0.699. The van der Waals surface area contributed by atoms with Gasteiger partial charge >= 0.3 is 0 Å². The zero-order valence-electron chi connectivity index (χ0n) is 19.1. The fourth-order valence-electron chi connectivity index (χ4n) is 3.90. The van der Waals surface area contributed by atoms with Crippen LogP contribution in [0.25, 0.3) is 0 Å². The Balaban J connectivity index is 0.00000341. The standard InChI is InChI=1S/C23H37N5O2.HI/c1-18-9-11-20(12-10-18)28-13-6-7-19(17-28)26-23(25-16-22(29)27(2)3)24-15-21-8-4-5-14-30-21;/h9-12,19,21H,4-8,13-17H2,1-3H3,(H2,24,25,26);1H. The highest BCUT2D eigenvalue weighted by molar-refractivity contribution is 14.0. The summed E-state index contributed by atoms with van der Waals surface area (Å²) >= 11 is 0. The molecule has 7 nitrogen and oxygen atoms in total. The number of ether oxygens (including phenoxy) is 1. The molecular formula is C23H38IN5O2. The number of nitrogens with zero attached hydrogens (tertiary/aromatic N) is 3. The number of guanidine groups is 1. The highest BCUT2D eigenvalue weighted by atomic mass is 127. The van der Waals surface area contributed by atoms with E-state index in [1.54, 1.807) is 19.0 Å². The average molecular weight is 543 g/mol. The fourth-order valence-corrected chi connectivity index (χ4v) is 3.90. The van der Waals surface area contributed by atoms with E-state index in [9.17, 15) is 4.79 Å². The molecule has 0 bridgehead atoms. The molecule has 2 fully saturated rings. The fraction of sp³-hybridized carbons (Fsp3) is 0.652. The normalized spacial score (nSPS) is 21.8. The molecule has 2 heterocycles. The summed E-state index contributed by atoms with van der Waals surface area (Å²) in [4.78, 5) is 20.6. The number of amides is 1. The van der Waals surface area contributed by atoms with Crippen LogP contribution in [0.5, 0.6) is 0 Å². The van der Waals surface area contributed by atoms with Gasteiger partial charge in [0.1, 0.15) is 6.54 Å². The van der Waals surface area contributed by atoms with E-state index in [2.05, 4.69) is 51.7 Å². The molecule has 2 unspecified atom stereocenters. The van der Waals surface area contributed by atoms with Crippen LogP contribution >= 0.6 is 24.0 Å². The first kappa shape index (κ1) is 25.7. The molecule has 2 saturated heterocycles. The maximum absolute atomic E-state index is 12.0. The third-order valence-corrected chi connectivity index (χ3v) is 5.80. The molecular weight excluding hydrogens is 505 g/mol. The van der Waals surface area contributed by atoms with E-state index in [0.717, 1.165) is 51.9 Å². The van der Waals surface area contributed by atoms with Gasteiger partial charge in [-0.3, -0.25) is 4.79 Å². The summed E-state index contributed by atoms with van der Waals surface area (Å²) in [6.45, 7) is 5.80. The van der Waals surface area contributed by atoms with Gasteiger partial charge in [0.05, 0.1) is 6.10 Å². The molecule has 3 rings (SSSR count). The zero-order valence-corrected chi connectivity index (χ0v) is 21.4. The number of carbonyl (C=O) groups excluding carboxylic acids is 1. The van der Waals surface area contributed by atoms with Crippen molar-refractivity contribution in [2.45, 2.75) is 51.2 Å². The number of piperidine rings is 1. The van der Waals surface area contributed by atoms with E-state index in [-0.39, 0.29) is 48.6 Å². The third-order valence-electron chi connectivity index (χ3n) is 5.80. The van der Waals surface area contributed by atoms with Gasteiger partial charge in [-0.2, -0.15) is 0 Å². The Kier molecular flexibility index (Phi) is 10.9. The smallest absolute Gasteiger partial charge is 0.243 e. The van der Waals surface area contributed by atoms with Crippen LogP contribution in [0.2, 0.25) is 0 Å². The number of nitrogens with one attached hydrogen (secondary N) is 2. The molecule has 2 aliphatic rings. The minimum absolute atomic E-state index is 0. The molecule has 31 heavy (non-hydrogen) atoms. The Hall–Kier alpha value is -1.55. The molecule has 2 atom stereocenters. The van der Waals surface area contributed by atoms with Crippen molar-refractivity contribution in [3.8, 4) is 0 Å². The zero-order chi connectivity index (χ0) is 21.3. The van der Waals surface area contributed by atoms with Crippen LogP contribution in [0.4, 0.5) is 5.69 Å². The van der Waals surface area contributed by atoms with Crippen molar-refractivity contribution in [1.82, 2.24) is 15.5 Å². The summed E-state index contributed by atoms with van der Waals surface area (Å²) in [6, 6.07) is 9.01. The number of aliphatic imine (C=N–C) groups is 1. The second kappa shape index (κ2) is 13.1. The van der Waals surface area contributed by atoms with Gasteiger partial charge in [0, 0.05) is 52.1 Å². The molecule has 0 aromatic heterocycles. The van der Waals surface area contributed by atoms with Crippen molar-refractivity contribution in [1.29, 1.82) is 0 Å². The van der Waals surface area contributed by atoms with Gasteiger partial charge in [-0.15, -0.1) is 24.0 Å². The molecule has 8 heteroatoms. The number of carbonyl (C=O) groups is 1. The number of benzene rings is 1. The van der Waals surface area contributed by atoms with Gasteiger partial charge in [-0.1, -0.05) is 17.7 Å². The lowest BCUT2D eigenvalue weighted by molar-refractivity contribution is -0.127. The lowest BCUT2D eigenvalue weighted by atomic mass is 10.0. The molecule has 2 N–H and O–H groups in total. The number of aryl methyl sites for hydroxylation is 1. The van der Waals surface area contributed by atoms with Gasteiger partial charge in [0.25, 0.3) is 0 Å². The number of halogens is 1. The summed E-state index contributed by atoms with van der Waals surface area (Å²) in [5.41, 5.74) is 2.54. The maximum Gasteiger partial charge on any atom is 0.243 e. The Morgan fingerprint density at radius 2 is 1.97 bits per heavy atom. The van der Waals surface area contributed by atoms with Crippen LogP contribution in [-0.2, 0) is 9.53 Å². The van der Waals surface area contributed by atoms with Gasteiger partial charge in [-0.25, -0.2) is 4.99 Å². The highest BCUT2D eigenvalue weighted by Crippen LogP contribution is 2.20. The first-order valence-corrected chi connectivity index (χ1v) is 11.2. The highest BCUT2D eigenvalue weighted by Gasteiger charge is 2.22. The number of hydrogen-bond acceptors (Lipinski definition) is 4. The van der Waals surface area contributed by atoms with E-state index < -0.39 is 0 Å². The number of hydrogen-bond donors (Lipinski definition) is 2. The molecule has 0 aliphatic carbocycles. The molecule has 0 saturated carbocycles. The van der Waals surface area contributed by atoms with Crippen molar-refractivity contribution in [3.63, 3.8) is 0 Å². The van der Waals surface area contributed by atoms with E-state index in [1.165, 1.54) is 17.7 Å². The van der Waals surface area contributed by atoms with Gasteiger partial charge in [0.15, 0.2) is 5.96 Å². The largest absolute Gasteiger partial charge is 0.376 e.